The minimum Gasteiger partial charge on any atom is -0.298 e. The molecule has 0 aromatic heterocycles. The van der Waals surface area contributed by atoms with Gasteiger partial charge in [-0.15, -0.1) is 0 Å². The van der Waals surface area contributed by atoms with Crippen LogP contribution in [0.4, 0.5) is 0 Å². The molecule has 1 aliphatic rings. The largest absolute Gasteiger partial charge is 0.298 e. The summed E-state index contributed by atoms with van der Waals surface area (Å²) in [6, 6.07) is 9.88. The molecule has 1 atom stereocenters. The van der Waals surface area contributed by atoms with E-state index in [9.17, 15) is 0 Å². The molecule has 1 fully saturated rings. The van der Waals surface area contributed by atoms with Gasteiger partial charge in [0, 0.05) is 41.7 Å². The lowest BCUT2D eigenvalue weighted by Gasteiger charge is -2.45. The van der Waals surface area contributed by atoms with Crippen LogP contribution in [-0.4, -0.2) is 42.0 Å². The molecule has 0 N–H and O–H groups in total. The highest BCUT2D eigenvalue weighted by Gasteiger charge is 2.31. The van der Waals surface area contributed by atoms with E-state index in [1.54, 1.807) is 0 Å². The van der Waals surface area contributed by atoms with Crippen LogP contribution in [0, 0.1) is 0 Å². The van der Waals surface area contributed by atoms with E-state index >= 15 is 0 Å². The highest BCUT2D eigenvalue weighted by Crippen LogP contribution is 2.31. The number of hydrogen-bond acceptors (Lipinski definition) is 2. The van der Waals surface area contributed by atoms with E-state index in [-0.39, 0.29) is 5.54 Å². The molecule has 1 heterocycles. The van der Waals surface area contributed by atoms with Gasteiger partial charge in [0.1, 0.15) is 0 Å². The van der Waals surface area contributed by atoms with Crippen LogP contribution < -0.4 is 0 Å². The smallest absolute Gasteiger partial charge is 0.0405 e. The predicted molar refractivity (Wildman–Crippen MR) is 100 cm³/mol. The minimum absolute atomic E-state index is 0.121. The molecule has 0 amide bonds. The van der Waals surface area contributed by atoms with E-state index in [0.717, 1.165) is 13.1 Å². The first-order valence-electron chi connectivity index (χ1n) is 8.06. The lowest BCUT2D eigenvalue weighted by atomic mass is 9.90. The van der Waals surface area contributed by atoms with Crippen molar-refractivity contribution in [2.75, 3.05) is 26.2 Å². The van der Waals surface area contributed by atoms with Crippen molar-refractivity contribution in [1.29, 1.82) is 0 Å². The Morgan fingerprint density at radius 1 is 0.952 bits per heavy atom. The Bertz CT molecular complexity index is 443. The van der Waals surface area contributed by atoms with Gasteiger partial charge in [-0.1, -0.05) is 46.9 Å². The first-order chi connectivity index (χ1) is 9.82. The van der Waals surface area contributed by atoms with Gasteiger partial charge in [-0.3, -0.25) is 9.80 Å². The van der Waals surface area contributed by atoms with Crippen LogP contribution in [0.5, 0.6) is 0 Å². The van der Waals surface area contributed by atoms with E-state index in [1.807, 2.05) is 0 Å². The summed E-state index contributed by atoms with van der Waals surface area (Å²) in [6.45, 7) is 16.3. The van der Waals surface area contributed by atoms with E-state index in [0.29, 0.717) is 9.97 Å². The minimum atomic E-state index is 0.121. The van der Waals surface area contributed by atoms with Crippen molar-refractivity contribution in [2.24, 2.45) is 0 Å². The van der Waals surface area contributed by atoms with Crippen molar-refractivity contribution in [3.05, 3.63) is 35.4 Å². The molecule has 0 bridgehead atoms. The second kappa shape index (κ2) is 6.97. The Balaban J connectivity index is 2.07. The standard InChI is InChI=1S/C18H29IN2/c1-14(2)20-10-12-21(13-11-20)18(4,5)17-8-6-16(7-9-17)15(3)19/h6-9,14-15H,10-13H2,1-5H3/t15-/m0/s1. The quantitative estimate of drug-likeness (QED) is 0.545. The third kappa shape index (κ3) is 3.99. The number of halogens is 1. The maximum absolute atomic E-state index is 2.63. The summed E-state index contributed by atoms with van der Waals surface area (Å²) in [7, 11) is 0. The average Bonchev–Trinajstić information content (AvgIpc) is 2.47. The summed E-state index contributed by atoms with van der Waals surface area (Å²) in [4.78, 5) is 5.21. The number of alkyl halides is 1. The van der Waals surface area contributed by atoms with Crippen LogP contribution in [0.1, 0.15) is 49.7 Å². The molecule has 1 aromatic carbocycles. The lowest BCUT2D eigenvalue weighted by molar-refractivity contribution is 0.0385. The molecule has 0 saturated carbocycles. The monoisotopic (exact) mass is 400 g/mol. The maximum atomic E-state index is 2.63. The number of nitrogens with zero attached hydrogens (tertiary/aromatic N) is 2. The molecule has 118 valence electrons. The SMILES string of the molecule is CC(C)N1CCN(C(C)(C)c2ccc([C@H](C)I)cc2)CC1. The van der Waals surface area contributed by atoms with E-state index in [4.69, 9.17) is 0 Å². The van der Waals surface area contributed by atoms with Crippen LogP contribution in [0.15, 0.2) is 24.3 Å². The van der Waals surface area contributed by atoms with Gasteiger partial charge in [0.15, 0.2) is 0 Å². The molecule has 2 nitrogen and oxygen atoms in total. The Labute approximate surface area is 144 Å². The fourth-order valence-corrected chi connectivity index (χ4v) is 3.55. The van der Waals surface area contributed by atoms with Crippen LogP contribution >= 0.6 is 22.6 Å². The molecule has 0 aliphatic carbocycles. The molecule has 3 heteroatoms. The first kappa shape index (κ1) is 17.2. The highest BCUT2D eigenvalue weighted by molar-refractivity contribution is 14.1. The third-order valence-electron chi connectivity index (χ3n) is 4.91. The third-order valence-corrected chi connectivity index (χ3v) is 5.63. The topological polar surface area (TPSA) is 6.48 Å². The Morgan fingerprint density at radius 3 is 1.90 bits per heavy atom. The summed E-state index contributed by atoms with van der Waals surface area (Å²) >= 11 is 2.48. The van der Waals surface area contributed by atoms with Crippen molar-refractivity contribution in [1.82, 2.24) is 9.80 Å². The van der Waals surface area contributed by atoms with E-state index < -0.39 is 0 Å². The van der Waals surface area contributed by atoms with Crippen LogP contribution in [-0.2, 0) is 5.54 Å². The van der Waals surface area contributed by atoms with Crippen molar-refractivity contribution < 1.29 is 0 Å². The summed E-state index contributed by atoms with van der Waals surface area (Å²) in [5.41, 5.74) is 2.97. The van der Waals surface area contributed by atoms with Crippen molar-refractivity contribution >= 4 is 22.6 Å². The molecule has 0 unspecified atom stereocenters. The van der Waals surface area contributed by atoms with Gasteiger partial charge in [-0.05, 0) is 45.7 Å². The molecule has 1 aromatic rings. The number of benzene rings is 1. The Morgan fingerprint density at radius 2 is 1.48 bits per heavy atom. The molecule has 0 spiro atoms. The zero-order valence-corrected chi connectivity index (χ0v) is 16.2. The fraction of sp³-hybridized carbons (Fsp3) is 0.667. The Kier molecular flexibility index (Phi) is 5.71. The first-order valence-corrected chi connectivity index (χ1v) is 9.30. The molecule has 1 saturated heterocycles. The molecular formula is C18H29IN2. The van der Waals surface area contributed by atoms with Crippen molar-refractivity contribution in [3.8, 4) is 0 Å². The highest BCUT2D eigenvalue weighted by atomic mass is 127. The van der Waals surface area contributed by atoms with Crippen LogP contribution in [0.3, 0.4) is 0 Å². The second-order valence-corrected chi connectivity index (χ2v) is 8.78. The zero-order chi connectivity index (χ0) is 15.6. The zero-order valence-electron chi connectivity index (χ0n) is 14.1. The second-order valence-electron chi connectivity index (χ2n) is 6.91. The fourth-order valence-electron chi connectivity index (χ4n) is 3.14. The molecule has 2 rings (SSSR count). The number of hydrogen-bond donors (Lipinski definition) is 0. The summed E-state index contributed by atoms with van der Waals surface area (Å²) in [5.74, 6) is 0. The van der Waals surface area contributed by atoms with Crippen molar-refractivity contribution in [2.45, 2.75) is 50.1 Å². The van der Waals surface area contributed by atoms with Gasteiger partial charge in [0.05, 0.1) is 0 Å². The predicted octanol–water partition coefficient (Wildman–Crippen LogP) is 4.44. The lowest BCUT2D eigenvalue weighted by Crippen LogP contribution is -2.54. The summed E-state index contributed by atoms with van der Waals surface area (Å²) in [6.07, 6.45) is 0. The molecular weight excluding hydrogens is 371 g/mol. The number of piperazine rings is 1. The molecule has 0 radical (unpaired) electrons. The van der Waals surface area contributed by atoms with Gasteiger partial charge in [0.25, 0.3) is 0 Å². The van der Waals surface area contributed by atoms with Gasteiger partial charge in [0.2, 0.25) is 0 Å². The van der Waals surface area contributed by atoms with E-state index in [1.165, 1.54) is 24.2 Å². The summed E-state index contributed by atoms with van der Waals surface area (Å²) in [5, 5.41) is 0. The van der Waals surface area contributed by atoms with Gasteiger partial charge in [-0.2, -0.15) is 0 Å². The molecule has 1 aliphatic heterocycles. The van der Waals surface area contributed by atoms with E-state index in [2.05, 4.69) is 91.3 Å². The summed E-state index contributed by atoms with van der Waals surface area (Å²) < 4.78 is 0.578. The Hall–Kier alpha value is -0.130. The maximum Gasteiger partial charge on any atom is 0.0405 e. The van der Waals surface area contributed by atoms with Gasteiger partial charge >= 0.3 is 0 Å². The van der Waals surface area contributed by atoms with Gasteiger partial charge in [-0.25, -0.2) is 0 Å². The normalized spacial score (nSPS) is 20.0. The van der Waals surface area contributed by atoms with Crippen LogP contribution in [0.25, 0.3) is 0 Å². The molecule has 21 heavy (non-hydrogen) atoms. The van der Waals surface area contributed by atoms with Crippen molar-refractivity contribution in [3.63, 3.8) is 0 Å². The van der Waals surface area contributed by atoms with Crippen LogP contribution in [0.2, 0.25) is 0 Å². The van der Waals surface area contributed by atoms with Gasteiger partial charge < -0.3 is 0 Å². The number of rotatable bonds is 4. The average molecular weight is 400 g/mol.